The van der Waals surface area contributed by atoms with Gasteiger partial charge in [0, 0.05) is 203 Å². The molecule has 15 amide bonds. The SMILES string of the molecule is Br.Br.C.C.C1CCNCC1.CB(N)O.CB(O)N(CC(=O)N1CCCCC1)CC(=O)N1CCCCC1.CCOCCOC(=O)N(CC(=O)N1CCCCC1)CC(=O)N1CCCCC1.CCOCCOC(=O)N(CC(=O)N1CCN(C(=O)CBr)CC1)CC(=O)N1CCN(C(=O)CBr)CC1.CCOCCOC(=O)N(CC(=O)N1CCNCC1)CC(=O)N1CCNCC1.O=C(CNCC(=O)N1CCCCC1)N1CCCCC1. The molecule has 0 saturated carbocycles. The van der Waals surface area contributed by atoms with Crippen LogP contribution in [0.2, 0.25) is 13.6 Å². The van der Waals surface area contributed by atoms with Crippen LogP contribution in [0, 0.1) is 0 Å². The predicted molar refractivity (Wildman–Crippen MR) is 571 cm³/mol. The van der Waals surface area contributed by atoms with Gasteiger partial charge in [0.1, 0.15) is 59.1 Å². The molecule has 0 aromatic rings. The lowest BCUT2D eigenvalue weighted by Gasteiger charge is -2.36. The minimum Gasteiger partial charge on any atom is -0.447 e. The van der Waals surface area contributed by atoms with Crippen LogP contribution in [0.15, 0.2) is 0 Å². The van der Waals surface area contributed by atoms with Gasteiger partial charge in [-0.3, -0.25) is 77.6 Å². The number of hydrogen-bond acceptors (Lipinski definition) is 29. The van der Waals surface area contributed by atoms with E-state index in [0.717, 1.165) is 173 Å². The second-order valence-electron chi connectivity index (χ2n) is 35.9. The number of piperidine rings is 7. The van der Waals surface area contributed by atoms with Crippen molar-refractivity contribution in [3.05, 3.63) is 0 Å². The van der Waals surface area contributed by atoms with E-state index in [1.54, 1.807) is 50.8 Å². The molecule has 11 heterocycles. The first-order valence-corrected chi connectivity index (χ1v) is 53.5. The number of ether oxygens (including phenoxy) is 6. The van der Waals surface area contributed by atoms with Crippen LogP contribution in [0.3, 0.4) is 0 Å². The molecule has 8 N–H and O–H groups in total. The van der Waals surface area contributed by atoms with Crippen LogP contribution in [0.5, 0.6) is 0 Å². The summed E-state index contributed by atoms with van der Waals surface area (Å²) >= 11 is 6.29. The van der Waals surface area contributed by atoms with E-state index in [1.807, 2.05) is 40.4 Å². The van der Waals surface area contributed by atoms with Crippen molar-refractivity contribution in [2.24, 2.45) is 5.64 Å². The van der Waals surface area contributed by atoms with Crippen molar-refractivity contribution < 1.29 is 110 Å². The Labute approximate surface area is 895 Å². The maximum atomic E-state index is 12.9. The normalized spacial score (nSPS) is 17.4. The summed E-state index contributed by atoms with van der Waals surface area (Å²) in [5.74, 6) is -1.02. The van der Waals surface area contributed by atoms with Crippen molar-refractivity contribution >= 4 is 169 Å². The van der Waals surface area contributed by atoms with Crippen molar-refractivity contribution in [2.75, 3.05) is 332 Å². The molecule has 11 aliphatic heterocycles. The third-order valence-corrected chi connectivity index (χ3v) is 26.0. The standard InChI is InChI=1S/C21H33Br2N5O7.C19H33N3O5.C17H31N5O5.C15H28BN3O3.C14H25N3O2.C5H11N.CH6BNO.2CH4.2BrH/c1-2-34-11-12-35-21(33)28(15-19(31)26-7-3-24(4-8-26)17(29)13-22)16-20(32)27-9-5-25(6-10-27)18(30)14-23;1-2-26-13-14-27-19(25)22(15-17(23)20-9-5-3-6-10-20)16-18(24)21-11-7-4-8-12-21;1-2-26-11-12-27-17(25)22(13-15(23)20-7-3-18-4-8-20)14-16(24)21-9-5-19-6-10-21;1-16(22)19(12-14(20)17-8-4-2-5-9-17)13-15(21)18-10-6-3-7-11-18;18-13(16-7-3-1-4-8-16)11-15-12-14(19)17-9-5-2-6-10-17;1-2-4-6-5-3-1;1-2(3)4;;;;/h2-16H2,1H3;2-16H2,1H3;18-19H,2-14H2,1H3;22H,2-13H2,1H3;15H,1-12H2;6H,1-5H2;4H,3H2,1H3;2*1H4;2*1H. The Kier molecular flexibility index (Phi) is 76.8. The van der Waals surface area contributed by atoms with Gasteiger partial charge < -0.3 is 124 Å². The van der Waals surface area contributed by atoms with Crippen molar-refractivity contribution in [2.45, 2.75) is 184 Å². The summed E-state index contributed by atoms with van der Waals surface area (Å²) in [7, 11) is -1.46. The molecule has 0 unspecified atom stereocenters. The highest BCUT2D eigenvalue weighted by Gasteiger charge is 2.36. The molecule has 11 saturated heterocycles. The Morgan fingerprint density at radius 1 is 0.285 bits per heavy atom. The lowest BCUT2D eigenvalue weighted by molar-refractivity contribution is -0.141. The van der Waals surface area contributed by atoms with Crippen molar-refractivity contribution in [3.63, 3.8) is 0 Å². The van der Waals surface area contributed by atoms with Crippen LogP contribution in [-0.4, -0.2) is 524 Å². The Morgan fingerprint density at radius 2 is 0.472 bits per heavy atom. The zero-order valence-corrected chi connectivity index (χ0v) is 91.9. The Bertz CT molecular complexity index is 3330. The van der Waals surface area contributed by atoms with Crippen LogP contribution in [0.4, 0.5) is 14.4 Å². The van der Waals surface area contributed by atoms with Gasteiger partial charge in [0.2, 0.25) is 70.9 Å². The molecule has 11 fully saturated rings. The number of nitrogens with zero attached hydrogens (tertiary/aromatic N) is 16. The van der Waals surface area contributed by atoms with E-state index in [2.05, 4.69) is 58.8 Å². The minimum absolute atomic E-state index is 0. The number of alkyl halides is 2. The minimum atomic E-state index is -0.789. The number of rotatable bonds is 35. The van der Waals surface area contributed by atoms with E-state index in [9.17, 15) is 76.9 Å². The summed E-state index contributed by atoms with van der Waals surface area (Å²) < 4.78 is 31.1. The van der Waals surface area contributed by atoms with Crippen LogP contribution in [0.1, 0.15) is 170 Å². The van der Waals surface area contributed by atoms with E-state index < -0.39 is 32.4 Å². The predicted octanol–water partition coefficient (Wildman–Crippen LogP) is 2.67. The fraction of sp³-hybridized carbons (Fsp3) is 0.840. The number of hydrogen-bond donors (Lipinski definition) is 7. The molecule has 144 heavy (non-hydrogen) atoms. The Balaban J connectivity index is 0.000000880. The van der Waals surface area contributed by atoms with Gasteiger partial charge in [-0.05, 0) is 176 Å². The maximum absolute atomic E-state index is 12.9. The molecule has 0 bridgehead atoms. The molecule has 0 radical (unpaired) electrons. The van der Waals surface area contributed by atoms with Gasteiger partial charge in [0.15, 0.2) is 0 Å². The van der Waals surface area contributed by atoms with Gasteiger partial charge in [-0.25, -0.2) is 14.4 Å². The monoisotopic (exact) mass is 2310 g/mol. The molecule has 0 aliphatic carbocycles. The van der Waals surface area contributed by atoms with Gasteiger partial charge in [0.05, 0.1) is 56.7 Å². The number of nitrogens with two attached hydrogens (primary N) is 1. The van der Waals surface area contributed by atoms with Gasteiger partial charge in [0.25, 0.3) is 0 Å². The van der Waals surface area contributed by atoms with Gasteiger partial charge in [-0.2, -0.15) is 0 Å². The zero-order chi connectivity index (χ0) is 102. The molecule has 0 spiro atoms. The maximum Gasteiger partial charge on any atom is 0.410 e. The first-order valence-electron chi connectivity index (χ1n) is 51.2. The van der Waals surface area contributed by atoms with Crippen LogP contribution in [-0.2, 0) is 86.0 Å². The quantitative estimate of drug-likeness (QED) is 0.0207. The van der Waals surface area contributed by atoms with Gasteiger partial charge in [-0.15, -0.1) is 34.0 Å². The smallest absolute Gasteiger partial charge is 0.410 e. The number of carbonyl (C=O) groups is 15. The van der Waals surface area contributed by atoms with E-state index in [1.165, 1.54) is 74.7 Å². The molecular weight excluding hydrogens is 2130 g/mol. The van der Waals surface area contributed by atoms with E-state index in [4.69, 9.17) is 33.4 Å². The summed E-state index contributed by atoms with van der Waals surface area (Å²) in [5.41, 5.74) is 4.67. The second kappa shape index (κ2) is 81.9. The summed E-state index contributed by atoms with van der Waals surface area (Å²) in [6.07, 6.45) is 21.8. The highest BCUT2D eigenvalue weighted by molar-refractivity contribution is 9.09. The molecule has 44 nitrogen and oxygen atoms in total. The van der Waals surface area contributed by atoms with Gasteiger partial charge >= 0.3 is 32.4 Å². The van der Waals surface area contributed by atoms with Crippen molar-refractivity contribution in [3.8, 4) is 0 Å². The summed E-state index contributed by atoms with van der Waals surface area (Å²) in [4.78, 5) is 212. The topological polar surface area (TPSA) is 478 Å². The van der Waals surface area contributed by atoms with Crippen LogP contribution >= 0.6 is 65.8 Å². The Hall–Kier alpha value is -6.94. The third-order valence-electron chi connectivity index (χ3n) is 25.1. The molecule has 50 heteroatoms. The average molecular weight is 2310 g/mol. The summed E-state index contributed by atoms with van der Waals surface area (Å²) in [5, 5.41) is 30.8. The molecule has 0 atom stereocenters. The molecule has 830 valence electrons. The molecule has 0 aromatic heterocycles. The Morgan fingerprint density at radius 3 is 0.667 bits per heavy atom. The first kappa shape index (κ1) is 135. The van der Waals surface area contributed by atoms with E-state index in [0.29, 0.717) is 144 Å². The largest absolute Gasteiger partial charge is 0.447 e. The number of carbonyl (C=O) groups excluding carboxylic acids is 15. The fourth-order valence-electron chi connectivity index (χ4n) is 16.8. The van der Waals surface area contributed by atoms with Crippen molar-refractivity contribution in [1.29, 1.82) is 0 Å². The summed E-state index contributed by atoms with van der Waals surface area (Å²) in [6.45, 7) is 31.2. The number of nitrogens with one attached hydrogen (secondary N) is 4. The van der Waals surface area contributed by atoms with Crippen LogP contribution < -0.4 is 26.9 Å². The molecule has 11 rings (SSSR count). The van der Waals surface area contributed by atoms with Crippen LogP contribution in [0.25, 0.3) is 0 Å². The lowest BCUT2D eigenvalue weighted by atomic mass is 9.84. The van der Waals surface area contributed by atoms with Gasteiger partial charge in [-0.1, -0.05) is 53.1 Å². The molecular formula is C94H177B2Br4N21O23. The van der Waals surface area contributed by atoms with E-state index >= 15 is 0 Å². The number of amides is 15. The summed E-state index contributed by atoms with van der Waals surface area (Å²) in [6, 6.07) is 0. The third kappa shape index (κ3) is 56.6. The first-order chi connectivity index (χ1) is 67.6. The number of piperazine rings is 4. The van der Waals surface area contributed by atoms with Crippen molar-refractivity contribution in [1.82, 2.24) is 99.6 Å². The second-order valence-corrected chi connectivity index (χ2v) is 37.0. The average Bonchev–Trinajstić information content (AvgIpc) is 0.847. The lowest BCUT2D eigenvalue weighted by Crippen LogP contribution is -2.55. The van der Waals surface area contributed by atoms with E-state index in [-0.39, 0.29) is 216 Å². The number of halogens is 4. The fourth-order valence-corrected chi connectivity index (χ4v) is 17.6. The molecule has 0 aromatic carbocycles. The molecule has 11 aliphatic rings. The number of likely N-dealkylation sites (tertiary alicyclic amines) is 6. The zero-order valence-electron chi connectivity index (χ0n) is 85.3. The highest BCUT2D eigenvalue weighted by atomic mass is 79.9. The highest BCUT2D eigenvalue weighted by Crippen LogP contribution is 2.18.